The molecule has 1 fully saturated rings. The van der Waals surface area contributed by atoms with Crippen molar-refractivity contribution >= 4 is 17.4 Å². The van der Waals surface area contributed by atoms with Gasteiger partial charge in [0.2, 0.25) is 0 Å². The molecule has 20 heavy (non-hydrogen) atoms. The fourth-order valence-corrected chi connectivity index (χ4v) is 1.81. The van der Waals surface area contributed by atoms with Gasteiger partial charge in [0, 0.05) is 18.0 Å². The molecule has 1 N–H and O–H groups in total. The summed E-state index contributed by atoms with van der Waals surface area (Å²) in [5.41, 5.74) is 0.687. The minimum absolute atomic E-state index is 0.0562. The summed E-state index contributed by atoms with van der Waals surface area (Å²) in [4.78, 5) is 8.56. The SMILES string of the molecule is Cc1c(Cl)nc(C2CC2)nc1NCCOCC(F)(F)F. The molecule has 4 nitrogen and oxygen atoms in total. The molecule has 1 aromatic rings. The van der Waals surface area contributed by atoms with Crippen LogP contribution in [0.25, 0.3) is 0 Å². The second-order valence-corrected chi connectivity index (χ2v) is 5.07. The highest BCUT2D eigenvalue weighted by atomic mass is 35.5. The monoisotopic (exact) mass is 309 g/mol. The number of hydrogen-bond acceptors (Lipinski definition) is 4. The Hall–Kier alpha value is -1.08. The van der Waals surface area contributed by atoms with Crippen molar-refractivity contribution in [3.8, 4) is 0 Å². The molecule has 0 amide bonds. The first-order valence-electron chi connectivity index (χ1n) is 6.29. The molecule has 0 spiro atoms. The van der Waals surface area contributed by atoms with Crippen LogP contribution in [0.2, 0.25) is 5.15 Å². The first kappa shape index (κ1) is 15.3. The lowest BCUT2D eigenvalue weighted by atomic mass is 10.3. The lowest BCUT2D eigenvalue weighted by Crippen LogP contribution is -2.20. The van der Waals surface area contributed by atoms with Crippen molar-refractivity contribution in [2.24, 2.45) is 0 Å². The summed E-state index contributed by atoms with van der Waals surface area (Å²) < 4.78 is 40.2. The summed E-state index contributed by atoms with van der Waals surface area (Å²) in [5.74, 6) is 1.61. The van der Waals surface area contributed by atoms with Gasteiger partial charge in [0.05, 0.1) is 6.61 Å². The lowest BCUT2D eigenvalue weighted by molar-refractivity contribution is -0.172. The molecular weight excluding hydrogens is 295 g/mol. The second kappa shape index (κ2) is 6.13. The van der Waals surface area contributed by atoms with Crippen LogP contribution in [0, 0.1) is 6.92 Å². The van der Waals surface area contributed by atoms with Crippen molar-refractivity contribution in [1.29, 1.82) is 0 Å². The smallest absolute Gasteiger partial charge is 0.370 e. The van der Waals surface area contributed by atoms with E-state index in [0.717, 1.165) is 12.8 Å². The second-order valence-electron chi connectivity index (χ2n) is 4.72. The van der Waals surface area contributed by atoms with Crippen molar-refractivity contribution in [3.63, 3.8) is 0 Å². The molecule has 8 heteroatoms. The van der Waals surface area contributed by atoms with Crippen LogP contribution in [0.4, 0.5) is 19.0 Å². The van der Waals surface area contributed by atoms with E-state index in [1.807, 2.05) is 0 Å². The lowest BCUT2D eigenvalue weighted by Gasteiger charge is -2.12. The Balaban J connectivity index is 1.86. The number of alkyl halides is 3. The number of halogens is 4. The van der Waals surface area contributed by atoms with Gasteiger partial charge >= 0.3 is 6.18 Å². The summed E-state index contributed by atoms with van der Waals surface area (Å²) in [6.07, 6.45) is -2.20. The van der Waals surface area contributed by atoms with E-state index >= 15 is 0 Å². The largest absolute Gasteiger partial charge is 0.411 e. The highest BCUT2D eigenvalue weighted by molar-refractivity contribution is 6.30. The number of ether oxygens (including phenoxy) is 1. The van der Waals surface area contributed by atoms with Crippen LogP contribution in [-0.4, -0.2) is 35.9 Å². The van der Waals surface area contributed by atoms with Gasteiger partial charge in [0.25, 0.3) is 0 Å². The molecule has 1 aliphatic carbocycles. The van der Waals surface area contributed by atoms with Crippen LogP contribution >= 0.6 is 11.6 Å². The molecule has 112 valence electrons. The van der Waals surface area contributed by atoms with Gasteiger partial charge in [-0.05, 0) is 19.8 Å². The van der Waals surface area contributed by atoms with Crippen molar-refractivity contribution in [1.82, 2.24) is 9.97 Å². The zero-order valence-corrected chi connectivity index (χ0v) is 11.7. The average molecular weight is 310 g/mol. The molecule has 2 rings (SSSR count). The normalized spacial score (nSPS) is 15.4. The summed E-state index contributed by atoms with van der Waals surface area (Å²) >= 11 is 6.02. The third kappa shape index (κ3) is 4.49. The van der Waals surface area contributed by atoms with Gasteiger partial charge < -0.3 is 10.1 Å². The minimum atomic E-state index is -4.30. The van der Waals surface area contributed by atoms with E-state index in [1.165, 1.54) is 0 Å². The summed E-state index contributed by atoms with van der Waals surface area (Å²) in [6, 6.07) is 0. The number of nitrogens with zero attached hydrogens (tertiary/aromatic N) is 2. The molecule has 0 radical (unpaired) electrons. The van der Waals surface area contributed by atoms with Crippen LogP contribution in [0.1, 0.15) is 30.1 Å². The van der Waals surface area contributed by atoms with Crippen molar-refractivity contribution in [2.75, 3.05) is 25.1 Å². The standard InChI is InChI=1S/C12H15ClF3N3O/c1-7-9(13)18-11(8-2-3-8)19-10(7)17-4-5-20-6-12(14,15)16/h8H,2-6H2,1H3,(H,17,18,19). The highest BCUT2D eigenvalue weighted by Crippen LogP contribution is 2.39. The molecule has 1 aliphatic rings. The average Bonchev–Trinajstić information content (AvgIpc) is 3.16. The zero-order chi connectivity index (χ0) is 14.8. The van der Waals surface area contributed by atoms with E-state index in [9.17, 15) is 13.2 Å². The Bertz CT molecular complexity index is 478. The molecule has 0 aliphatic heterocycles. The Morgan fingerprint density at radius 3 is 2.65 bits per heavy atom. The van der Waals surface area contributed by atoms with Crippen LogP contribution in [0.3, 0.4) is 0 Å². The Labute approximate surface area is 119 Å². The molecule has 1 heterocycles. The van der Waals surface area contributed by atoms with E-state index in [2.05, 4.69) is 20.0 Å². The first-order valence-corrected chi connectivity index (χ1v) is 6.67. The molecule has 0 saturated heterocycles. The maximum Gasteiger partial charge on any atom is 0.411 e. The quantitative estimate of drug-likeness (QED) is 0.647. The molecule has 0 unspecified atom stereocenters. The number of aromatic nitrogens is 2. The van der Waals surface area contributed by atoms with Gasteiger partial charge in [-0.15, -0.1) is 0 Å². The van der Waals surface area contributed by atoms with E-state index in [4.69, 9.17) is 11.6 Å². The summed E-state index contributed by atoms with van der Waals surface area (Å²) in [7, 11) is 0. The third-order valence-electron chi connectivity index (χ3n) is 2.85. The summed E-state index contributed by atoms with van der Waals surface area (Å²) in [5, 5.41) is 3.31. The zero-order valence-electron chi connectivity index (χ0n) is 10.9. The van der Waals surface area contributed by atoms with Crippen LogP contribution in [0.5, 0.6) is 0 Å². The topological polar surface area (TPSA) is 47.0 Å². The van der Waals surface area contributed by atoms with Gasteiger partial charge in [-0.1, -0.05) is 11.6 Å². The van der Waals surface area contributed by atoms with Crippen molar-refractivity contribution in [3.05, 3.63) is 16.5 Å². The Morgan fingerprint density at radius 1 is 1.35 bits per heavy atom. The Morgan fingerprint density at radius 2 is 2.05 bits per heavy atom. The van der Waals surface area contributed by atoms with E-state index in [-0.39, 0.29) is 13.2 Å². The third-order valence-corrected chi connectivity index (χ3v) is 3.22. The van der Waals surface area contributed by atoms with Crippen molar-refractivity contribution < 1.29 is 17.9 Å². The maximum absolute atomic E-state index is 11.9. The molecule has 0 aromatic carbocycles. The predicted octanol–water partition coefficient (Wildman–Crippen LogP) is 3.31. The Kier molecular flexibility index (Phi) is 4.70. The molecule has 0 atom stereocenters. The fraction of sp³-hybridized carbons (Fsp3) is 0.667. The molecule has 1 saturated carbocycles. The number of hydrogen-bond donors (Lipinski definition) is 1. The maximum atomic E-state index is 11.9. The van der Waals surface area contributed by atoms with Crippen molar-refractivity contribution in [2.45, 2.75) is 31.9 Å². The van der Waals surface area contributed by atoms with E-state index in [1.54, 1.807) is 6.92 Å². The van der Waals surface area contributed by atoms with E-state index in [0.29, 0.717) is 28.3 Å². The number of rotatable bonds is 6. The van der Waals surface area contributed by atoms with E-state index < -0.39 is 12.8 Å². The van der Waals surface area contributed by atoms with Crippen LogP contribution < -0.4 is 5.32 Å². The number of nitrogens with one attached hydrogen (secondary N) is 1. The van der Waals surface area contributed by atoms with Gasteiger partial charge in [0.1, 0.15) is 23.4 Å². The van der Waals surface area contributed by atoms with Gasteiger partial charge in [0.15, 0.2) is 0 Å². The number of anilines is 1. The van der Waals surface area contributed by atoms with Crippen LogP contribution in [0.15, 0.2) is 0 Å². The summed E-state index contributed by atoms with van der Waals surface area (Å²) in [6.45, 7) is 0.692. The first-order chi connectivity index (χ1) is 9.37. The van der Waals surface area contributed by atoms with Gasteiger partial charge in [-0.3, -0.25) is 0 Å². The molecular formula is C12H15ClF3N3O. The molecule has 1 aromatic heterocycles. The minimum Gasteiger partial charge on any atom is -0.370 e. The predicted molar refractivity (Wildman–Crippen MR) is 69.1 cm³/mol. The van der Waals surface area contributed by atoms with Gasteiger partial charge in [-0.2, -0.15) is 13.2 Å². The molecule has 0 bridgehead atoms. The highest BCUT2D eigenvalue weighted by Gasteiger charge is 2.28. The fourth-order valence-electron chi connectivity index (χ4n) is 1.63. The van der Waals surface area contributed by atoms with Gasteiger partial charge in [-0.25, -0.2) is 9.97 Å². The van der Waals surface area contributed by atoms with Crippen LogP contribution in [-0.2, 0) is 4.74 Å².